The van der Waals surface area contributed by atoms with E-state index in [0.29, 0.717) is 46.9 Å². The molecule has 0 aliphatic rings. The maximum atomic E-state index is 13.2. The number of rotatable bonds is 10. The summed E-state index contributed by atoms with van der Waals surface area (Å²) in [6.07, 6.45) is 1.62. The Morgan fingerprint density at radius 1 is 0.902 bits per heavy atom. The van der Waals surface area contributed by atoms with E-state index < -0.39 is 15.6 Å². The fourth-order valence-electron chi connectivity index (χ4n) is 4.27. The Morgan fingerprint density at radius 3 is 2.29 bits per heavy atom. The molecule has 0 fully saturated rings. The van der Waals surface area contributed by atoms with Crippen molar-refractivity contribution in [3.63, 3.8) is 0 Å². The number of methoxy groups -OCH3 is 2. The van der Waals surface area contributed by atoms with E-state index in [1.807, 2.05) is 19.9 Å². The van der Waals surface area contributed by atoms with Gasteiger partial charge >= 0.3 is 0 Å². The maximum Gasteiger partial charge on any atom is 0.213 e. The van der Waals surface area contributed by atoms with Crippen molar-refractivity contribution in [1.29, 1.82) is 0 Å². The highest BCUT2D eigenvalue weighted by Crippen LogP contribution is 2.38. The van der Waals surface area contributed by atoms with Crippen LogP contribution in [-0.2, 0) is 21.3 Å². The molecule has 0 radical (unpaired) electrons. The third-order valence-electron chi connectivity index (χ3n) is 6.09. The molecule has 0 N–H and O–H groups in total. The molecule has 212 valence electrons. The molecule has 0 atom stereocenters. The molecule has 0 aliphatic carbocycles. The van der Waals surface area contributed by atoms with E-state index in [2.05, 4.69) is 19.9 Å². The second-order valence-electron chi connectivity index (χ2n) is 9.04. The molecule has 13 heteroatoms. The first-order valence-electron chi connectivity index (χ1n) is 12.6. The third kappa shape index (κ3) is 5.93. The van der Waals surface area contributed by atoms with E-state index in [-0.39, 0.29) is 27.9 Å². The summed E-state index contributed by atoms with van der Waals surface area (Å²) >= 11 is 6.48. The lowest BCUT2D eigenvalue weighted by Gasteiger charge is -2.16. The fraction of sp³-hybridized carbons (Fsp3) is 0.250. The summed E-state index contributed by atoms with van der Waals surface area (Å²) in [5, 5.41) is -0.0721. The van der Waals surface area contributed by atoms with Gasteiger partial charge in [-0.15, -0.1) is 0 Å². The van der Waals surface area contributed by atoms with Crippen LogP contribution in [0.5, 0.6) is 17.4 Å². The van der Waals surface area contributed by atoms with Gasteiger partial charge in [0, 0.05) is 12.3 Å². The van der Waals surface area contributed by atoms with Crippen LogP contribution in [0.15, 0.2) is 54.7 Å². The van der Waals surface area contributed by atoms with Gasteiger partial charge in [0.1, 0.15) is 22.9 Å². The van der Waals surface area contributed by atoms with Crippen LogP contribution in [0.4, 0.5) is 0 Å². The van der Waals surface area contributed by atoms with Gasteiger partial charge in [-0.1, -0.05) is 29.8 Å². The van der Waals surface area contributed by atoms with E-state index in [9.17, 15) is 8.42 Å². The van der Waals surface area contributed by atoms with Crippen LogP contribution in [0.3, 0.4) is 0 Å². The highest BCUT2D eigenvalue weighted by molar-refractivity contribution is 7.89. The first-order chi connectivity index (χ1) is 19.7. The number of aryl methyl sites for hydroxylation is 1. The molecule has 0 bridgehead atoms. The van der Waals surface area contributed by atoms with Crippen LogP contribution in [0.2, 0.25) is 5.15 Å². The molecule has 0 saturated heterocycles. The van der Waals surface area contributed by atoms with Gasteiger partial charge in [-0.05, 0) is 43.7 Å². The zero-order valence-electron chi connectivity index (χ0n) is 22.8. The Labute approximate surface area is 242 Å². The minimum absolute atomic E-state index is 0.0721. The number of imidazole rings is 1. The minimum Gasteiger partial charge on any atom is -0.494 e. The number of benzene rings is 1. The predicted octanol–water partition coefficient (Wildman–Crippen LogP) is 4.77. The third-order valence-corrected chi connectivity index (χ3v) is 7.84. The van der Waals surface area contributed by atoms with Crippen LogP contribution in [-0.4, -0.2) is 58.7 Å². The first kappa shape index (κ1) is 28.2. The standard InChI is InChI=1S/C28H27ClN6O5S/c1-5-40-23-11-6-8-19(31-23)27-34-26-28(35(27)24-21(38-3)9-7-10-22(24)39-4)32-20(25(29)33-26)16-41(36,37)15-18-13-12-17(2)14-30-18/h6-14H,5,15-16H2,1-4H3. The first-order valence-corrected chi connectivity index (χ1v) is 14.8. The van der Waals surface area contributed by atoms with Crippen LogP contribution >= 0.6 is 11.6 Å². The number of fused-ring (bicyclic) bond motifs is 1. The van der Waals surface area contributed by atoms with Crippen molar-refractivity contribution in [2.24, 2.45) is 0 Å². The fourth-order valence-corrected chi connectivity index (χ4v) is 5.88. The molecule has 4 heterocycles. The largest absolute Gasteiger partial charge is 0.494 e. The summed E-state index contributed by atoms with van der Waals surface area (Å²) < 4.78 is 45.0. The lowest BCUT2D eigenvalue weighted by atomic mass is 10.2. The highest BCUT2D eigenvalue weighted by Gasteiger charge is 2.26. The number of aromatic nitrogens is 6. The molecule has 4 aromatic heterocycles. The smallest absolute Gasteiger partial charge is 0.213 e. The molecule has 41 heavy (non-hydrogen) atoms. The van der Waals surface area contributed by atoms with Crippen molar-refractivity contribution >= 4 is 32.7 Å². The van der Waals surface area contributed by atoms with Crippen molar-refractivity contribution in [3.05, 3.63) is 76.8 Å². The van der Waals surface area contributed by atoms with Gasteiger partial charge < -0.3 is 14.2 Å². The number of pyridine rings is 2. The monoisotopic (exact) mass is 594 g/mol. The minimum atomic E-state index is -3.71. The van der Waals surface area contributed by atoms with Crippen molar-refractivity contribution in [2.45, 2.75) is 25.4 Å². The summed E-state index contributed by atoms with van der Waals surface area (Å²) in [6.45, 7) is 4.18. The number of ether oxygens (including phenoxy) is 3. The lowest BCUT2D eigenvalue weighted by Crippen LogP contribution is -2.12. The summed E-state index contributed by atoms with van der Waals surface area (Å²) in [7, 11) is -0.645. The number of nitrogens with zero attached hydrogens (tertiary/aromatic N) is 6. The lowest BCUT2D eigenvalue weighted by molar-refractivity contribution is 0.327. The summed E-state index contributed by atoms with van der Waals surface area (Å²) in [6, 6.07) is 14.1. The molecule has 5 aromatic rings. The van der Waals surface area contributed by atoms with Gasteiger partial charge in [0.25, 0.3) is 0 Å². The van der Waals surface area contributed by atoms with E-state index in [0.717, 1.165) is 5.56 Å². The Kier molecular flexibility index (Phi) is 8.04. The Balaban J connectivity index is 1.70. The molecule has 0 aliphatic heterocycles. The van der Waals surface area contributed by atoms with Gasteiger partial charge in [0.15, 0.2) is 32.1 Å². The number of sulfone groups is 1. The Morgan fingerprint density at radius 2 is 1.63 bits per heavy atom. The number of para-hydroxylation sites is 1. The summed E-state index contributed by atoms with van der Waals surface area (Å²) in [4.78, 5) is 22.6. The van der Waals surface area contributed by atoms with Gasteiger partial charge in [0.05, 0.1) is 43.7 Å². The van der Waals surface area contributed by atoms with Gasteiger partial charge in [-0.3, -0.25) is 9.55 Å². The van der Waals surface area contributed by atoms with Gasteiger partial charge in [-0.2, -0.15) is 0 Å². The molecular formula is C28H27ClN6O5S. The molecule has 1 aromatic carbocycles. The molecule has 11 nitrogen and oxygen atoms in total. The SMILES string of the molecule is CCOc1cccc(-c2nc3nc(Cl)c(CS(=O)(=O)Cc4ccc(C)cn4)nc3n2-c2c(OC)cccc2OC)n1. The van der Waals surface area contributed by atoms with Crippen LogP contribution < -0.4 is 14.2 Å². The zero-order chi connectivity index (χ0) is 29.1. The van der Waals surface area contributed by atoms with Crippen molar-refractivity contribution in [3.8, 4) is 34.6 Å². The summed E-state index contributed by atoms with van der Waals surface area (Å²) in [5.41, 5.74) is 2.79. The topological polar surface area (TPSA) is 131 Å². The molecule has 5 rings (SSSR count). The quantitative estimate of drug-likeness (QED) is 0.223. The Hall–Kier alpha value is -4.29. The van der Waals surface area contributed by atoms with Crippen LogP contribution in [0.1, 0.15) is 23.9 Å². The average Bonchev–Trinajstić information content (AvgIpc) is 3.31. The van der Waals surface area contributed by atoms with Gasteiger partial charge in [0.2, 0.25) is 5.88 Å². The Bertz CT molecular complexity index is 1800. The van der Waals surface area contributed by atoms with Crippen LogP contribution in [0.25, 0.3) is 28.5 Å². The molecule has 0 amide bonds. The van der Waals surface area contributed by atoms with Gasteiger partial charge in [-0.25, -0.2) is 28.4 Å². The number of halogens is 1. The van der Waals surface area contributed by atoms with E-state index >= 15 is 0 Å². The zero-order valence-corrected chi connectivity index (χ0v) is 24.4. The second-order valence-corrected chi connectivity index (χ2v) is 11.5. The van der Waals surface area contributed by atoms with Crippen molar-refractivity contribution in [2.75, 3.05) is 20.8 Å². The molecular weight excluding hydrogens is 568 g/mol. The predicted molar refractivity (Wildman–Crippen MR) is 154 cm³/mol. The van der Waals surface area contributed by atoms with Crippen LogP contribution in [0, 0.1) is 6.92 Å². The van der Waals surface area contributed by atoms with E-state index in [4.69, 9.17) is 30.8 Å². The maximum absolute atomic E-state index is 13.2. The summed E-state index contributed by atoms with van der Waals surface area (Å²) in [5.74, 6) is 0.952. The van der Waals surface area contributed by atoms with Crippen molar-refractivity contribution < 1.29 is 22.6 Å². The molecule has 0 saturated carbocycles. The average molecular weight is 595 g/mol. The van der Waals surface area contributed by atoms with E-state index in [1.54, 1.807) is 53.2 Å². The number of hydrogen-bond donors (Lipinski definition) is 0. The van der Waals surface area contributed by atoms with Crippen molar-refractivity contribution in [1.82, 2.24) is 29.5 Å². The van der Waals surface area contributed by atoms with E-state index in [1.165, 1.54) is 14.2 Å². The second kappa shape index (κ2) is 11.7. The molecule has 0 unspecified atom stereocenters. The number of hydrogen-bond acceptors (Lipinski definition) is 10. The molecule has 0 spiro atoms. The normalized spacial score (nSPS) is 11.5. The highest BCUT2D eigenvalue weighted by atomic mass is 35.5.